The van der Waals surface area contributed by atoms with Crippen LogP contribution < -0.4 is 5.32 Å². The van der Waals surface area contributed by atoms with Gasteiger partial charge in [-0.1, -0.05) is 40.0 Å². The number of aliphatic hydroxyl groups is 1. The highest BCUT2D eigenvalue weighted by molar-refractivity contribution is 4.70. The molecule has 0 spiro atoms. The Labute approximate surface area is 95.5 Å². The molecular formula is C13H29NO. The first-order chi connectivity index (χ1) is 7.15. The molecule has 0 aromatic rings. The normalized spacial score (nSPS) is 17.4. The fraction of sp³-hybridized carbons (Fsp3) is 1.00. The van der Waals surface area contributed by atoms with Gasteiger partial charge in [0.05, 0.1) is 0 Å². The summed E-state index contributed by atoms with van der Waals surface area (Å²) in [5, 5.41) is 12.6. The SMILES string of the molecule is CCCCC(CC)CNC(C)C(C)CO. The quantitative estimate of drug-likeness (QED) is 0.620. The predicted molar refractivity (Wildman–Crippen MR) is 67.0 cm³/mol. The zero-order valence-corrected chi connectivity index (χ0v) is 10.9. The topological polar surface area (TPSA) is 32.3 Å². The molecule has 2 N–H and O–H groups in total. The highest BCUT2D eigenvalue weighted by Crippen LogP contribution is 2.12. The molecule has 0 aliphatic rings. The molecule has 2 heteroatoms. The van der Waals surface area contributed by atoms with Gasteiger partial charge in [0.25, 0.3) is 0 Å². The lowest BCUT2D eigenvalue weighted by atomic mass is 9.98. The Hall–Kier alpha value is -0.0800. The molecule has 0 aromatic heterocycles. The molecule has 0 aliphatic carbocycles. The number of nitrogens with one attached hydrogen (secondary N) is 1. The van der Waals surface area contributed by atoms with Gasteiger partial charge in [-0.25, -0.2) is 0 Å². The van der Waals surface area contributed by atoms with Crippen molar-refractivity contribution in [2.24, 2.45) is 11.8 Å². The highest BCUT2D eigenvalue weighted by atomic mass is 16.3. The molecule has 0 saturated heterocycles. The minimum Gasteiger partial charge on any atom is -0.396 e. The number of hydrogen-bond donors (Lipinski definition) is 2. The van der Waals surface area contributed by atoms with Crippen LogP contribution in [0.25, 0.3) is 0 Å². The summed E-state index contributed by atoms with van der Waals surface area (Å²) in [6.45, 7) is 10.1. The van der Waals surface area contributed by atoms with Gasteiger partial charge in [0, 0.05) is 12.6 Å². The van der Waals surface area contributed by atoms with Crippen molar-refractivity contribution in [3.05, 3.63) is 0 Å². The largest absolute Gasteiger partial charge is 0.396 e. The third kappa shape index (κ3) is 6.91. The van der Waals surface area contributed by atoms with Crippen LogP contribution >= 0.6 is 0 Å². The van der Waals surface area contributed by atoms with Gasteiger partial charge in [-0.3, -0.25) is 0 Å². The first kappa shape index (κ1) is 14.9. The maximum absolute atomic E-state index is 9.03. The average Bonchev–Trinajstić information content (AvgIpc) is 2.27. The van der Waals surface area contributed by atoms with Gasteiger partial charge in [-0.05, 0) is 31.7 Å². The second-order valence-electron chi connectivity index (χ2n) is 4.77. The van der Waals surface area contributed by atoms with Gasteiger partial charge in [-0.15, -0.1) is 0 Å². The standard InChI is InChI=1S/C13H29NO/c1-5-7-8-13(6-2)9-14-12(4)11(3)10-15/h11-15H,5-10H2,1-4H3. The van der Waals surface area contributed by atoms with E-state index in [1.165, 1.54) is 25.7 Å². The summed E-state index contributed by atoms with van der Waals surface area (Å²) in [4.78, 5) is 0. The lowest BCUT2D eigenvalue weighted by Crippen LogP contribution is -2.37. The maximum Gasteiger partial charge on any atom is 0.0471 e. The molecule has 0 bridgehead atoms. The van der Waals surface area contributed by atoms with E-state index in [-0.39, 0.29) is 6.61 Å². The van der Waals surface area contributed by atoms with Crippen LogP contribution in [0.5, 0.6) is 0 Å². The molecule has 0 aromatic carbocycles. The first-order valence-corrected chi connectivity index (χ1v) is 6.49. The Balaban J connectivity index is 3.69. The maximum atomic E-state index is 9.03. The van der Waals surface area contributed by atoms with Crippen molar-refractivity contribution in [3.8, 4) is 0 Å². The first-order valence-electron chi connectivity index (χ1n) is 6.49. The van der Waals surface area contributed by atoms with E-state index < -0.39 is 0 Å². The minimum absolute atomic E-state index is 0.278. The van der Waals surface area contributed by atoms with Gasteiger partial charge < -0.3 is 10.4 Å². The molecule has 0 aliphatic heterocycles. The van der Waals surface area contributed by atoms with E-state index >= 15 is 0 Å². The minimum atomic E-state index is 0.278. The molecule has 3 unspecified atom stereocenters. The van der Waals surface area contributed by atoms with Gasteiger partial charge in [0.2, 0.25) is 0 Å². The summed E-state index contributed by atoms with van der Waals surface area (Å²) in [5.41, 5.74) is 0. The van der Waals surface area contributed by atoms with Gasteiger partial charge >= 0.3 is 0 Å². The van der Waals surface area contributed by atoms with Gasteiger partial charge in [0.15, 0.2) is 0 Å². The zero-order valence-electron chi connectivity index (χ0n) is 10.9. The van der Waals surface area contributed by atoms with Crippen molar-refractivity contribution in [2.45, 2.75) is 59.4 Å². The monoisotopic (exact) mass is 215 g/mol. The summed E-state index contributed by atoms with van der Waals surface area (Å²) in [5.74, 6) is 1.16. The number of unbranched alkanes of at least 4 members (excludes halogenated alkanes) is 1. The third-order valence-corrected chi connectivity index (χ3v) is 3.41. The Morgan fingerprint density at radius 2 is 1.87 bits per heavy atom. The number of aliphatic hydroxyl groups excluding tert-OH is 1. The molecule has 2 nitrogen and oxygen atoms in total. The Kier molecular flexibility index (Phi) is 9.12. The number of hydrogen-bond acceptors (Lipinski definition) is 2. The van der Waals surface area contributed by atoms with Crippen LogP contribution in [0.2, 0.25) is 0 Å². The molecule has 0 rings (SSSR count). The van der Waals surface area contributed by atoms with E-state index in [0.717, 1.165) is 12.5 Å². The van der Waals surface area contributed by atoms with Crippen LogP contribution in [0.4, 0.5) is 0 Å². The van der Waals surface area contributed by atoms with Gasteiger partial charge in [-0.2, -0.15) is 0 Å². The van der Waals surface area contributed by atoms with Crippen molar-refractivity contribution in [1.82, 2.24) is 5.32 Å². The highest BCUT2D eigenvalue weighted by Gasteiger charge is 2.12. The molecule has 0 fully saturated rings. The summed E-state index contributed by atoms with van der Waals surface area (Å²) < 4.78 is 0. The summed E-state index contributed by atoms with van der Waals surface area (Å²) in [6, 6.07) is 0.422. The van der Waals surface area contributed by atoms with Crippen LogP contribution in [0.3, 0.4) is 0 Å². The molecule has 0 saturated carbocycles. The summed E-state index contributed by atoms with van der Waals surface area (Å²) >= 11 is 0. The van der Waals surface area contributed by atoms with Crippen molar-refractivity contribution in [3.63, 3.8) is 0 Å². The summed E-state index contributed by atoms with van der Waals surface area (Å²) in [7, 11) is 0. The Morgan fingerprint density at radius 1 is 1.20 bits per heavy atom. The predicted octanol–water partition coefficient (Wildman–Crippen LogP) is 2.81. The van der Waals surface area contributed by atoms with Crippen molar-refractivity contribution in [1.29, 1.82) is 0 Å². The van der Waals surface area contributed by atoms with Crippen LogP contribution in [0.1, 0.15) is 53.4 Å². The van der Waals surface area contributed by atoms with Crippen LogP contribution in [0.15, 0.2) is 0 Å². The van der Waals surface area contributed by atoms with E-state index in [4.69, 9.17) is 5.11 Å². The lowest BCUT2D eigenvalue weighted by molar-refractivity contribution is 0.203. The van der Waals surface area contributed by atoms with Crippen molar-refractivity contribution < 1.29 is 5.11 Å². The van der Waals surface area contributed by atoms with E-state index in [0.29, 0.717) is 12.0 Å². The molecule has 0 heterocycles. The van der Waals surface area contributed by atoms with Crippen LogP contribution in [-0.4, -0.2) is 24.3 Å². The molecule has 0 amide bonds. The van der Waals surface area contributed by atoms with E-state index in [1.807, 2.05) is 0 Å². The van der Waals surface area contributed by atoms with Crippen molar-refractivity contribution >= 4 is 0 Å². The third-order valence-electron chi connectivity index (χ3n) is 3.41. The molecule has 15 heavy (non-hydrogen) atoms. The van der Waals surface area contributed by atoms with E-state index in [9.17, 15) is 0 Å². The van der Waals surface area contributed by atoms with Crippen LogP contribution in [0, 0.1) is 11.8 Å². The second kappa shape index (κ2) is 9.17. The smallest absolute Gasteiger partial charge is 0.0471 e. The van der Waals surface area contributed by atoms with Crippen LogP contribution in [-0.2, 0) is 0 Å². The molecule has 0 radical (unpaired) electrons. The molecule has 92 valence electrons. The van der Waals surface area contributed by atoms with E-state index in [1.54, 1.807) is 0 Å². The van der Waals surface area contributed by atoms with Gasteiger partial charge in [0.1, 0.15) is 0 Å². The second-order valence-corrected chi connectivity index (χ2v) is 4.77. The Bertz CT molecular complexity index is 138. The van der Waals surface area contributed by atoms with E-state index in [2.05, 4.69) is 33.0 Å². The fourth-order valence-electron chi connectivity index (χ4n) is 1.66. The average molecular weight is 215 g/mol. The summed E-state index contributed by atoms with van der Waals surface area (Å²) in [6.07, 6.45) is 5.22. The number of rotatable bonds is 9. The zero-order chi connectivity index (χ0) is 11.7. The van der Waals surface area contributed by atoms with Crippen molar-refractivity contribution in [2.75, 3.05) is 13.2 Å². The lowest BCUT2D eigenvalue weighted by Gasteiger charge is -2.23. The Morgan fingerprint density at radius 3 is 2.33 bits per heavy atom. The molecule has 3 atom stereocenters. The molecular weight excluding hydrogens is 186 g/mol. The fourth-order valence-corrected chi connectivity index (χ4v) is 1.66.